The van der Waals surface area contributed by atoms with Crippen molar-refractivity contribution in [3.8, 4) is 5.69 Å². The molecule has 5 nitrogen and oxygen atoms in total. The minimum atomic E-state index is -0.874. The Morgan fingerprint density at radius 1 is 1.20 bits per heavy atom. The monoisotopic (exact) mass is 473 g/mol. The van der Waals surface area contributed by atoms with E-state index in [1.165, 1.54) is 17.7 Å². The Balaban J connectivity index is 1.38. The summed E-state index contributed by atoms with van der Waals surface area (Å²) in [5.74, 6) is -0.325. The third-order valence-electron chi connectivity index (χ3n) is 7.96. The summed E-state index contributed by atoms with van der Waals surface area (Å²) in [6, 6.07) is 14.0. The van der Waals surface area contributed by atoms with Gasteiger partial charge in [0.2, 0.25) is 0 Å². The molecule has 2 N–H and O–H groups in total. The Kier molecular flexibility index (Phi) is 6.09. The summed E-state index contributed by atoms with van der Waals surface area (Å²) in [4.78, 5) is 12.7. The number of aliphatic hydroxyl groups is 1. The number of nitrogens with one attached hydrogen (secondary N) is 1. The van der Waals surface area contributed by atoms with Crippen molar-refractivity contribution in [2.45, 2.75) is 58.0 Å². The van der Waals surface area contributed by atoms with Gasteiger partial charge >= 0.3 is 0 Å². The number of nitrogens with zero attached hydrogens (tertiary/aromatic N) is 2. The number of aryl methyl sites for hydroxylation is 1. The van der Waals surface area contributed by atoms with E-state index in [0.717, 1.165) is 35.3 Å². The highest BCUT2D eigenvalue weighted by Crippen LogP contribution is 2.56. The van der Waals surface area contributed by atoms with Crippen LogP contribution in [0.2, 0.25) is 0 Å². The maximum Gasteiger partial charge on any atom is 0.251 e. The molecule has 182 valence electrons. The highest BCUT2D eigenvalue weighted by Gasteiger charge is 2.54. The predicted molar refractivity (Wildman–Crippen MR) is 135 cm³/mol. The molecule has 1 fully saturated rings. The summed E-state index contributed by atoms with van der Waals surface area (Å²) < 4.78 is 15.3. The zero-order valence-electron chi connectivity index (χ0n) is 20.4. The highest BCUT2D eigenvalue weighted by atomic mass is 19.1. The van der Waals surface area contributed by atoms with E-state index in [9.17, 15) is 14.3 Å². The van der Waals surface area contributed by atoms with Crippen LogP contribution in [-0.4, -0.2) is 32.9 Å². The quantitative estimate of drug-likeness (QED) is 0.492. The van der Waals surface area contributed by atoms with Gasteiger partial charge in [-0.2, -0.15) is 5.10 Å². The van der Waals surface area contributed by atoms with Crippen LogP contribution < -0.4 is 5.32 Å². The maximum absolute atomic E-state index is 13.4. The topological polar surface area (TPSA) is 67.2 Å². The lowest BCUT2D eigenvalue weighted by atomic mass is 9.65. The van der Waals surface area contributed by atoms with Crippen molar-refractivity contribution in [2.24, 2.45) is 5.41 Å². The van der Waals surface area contributed by atoms with Gasteiger partial charge in [-0.05, 0) is 86.1 Å². The molecule has 0 spiro atoms. The lowest BCUT2D eigenvalue weighted by Gasteiger charge is -2.42. The van der Waals surface area contributed by atoms with Gasteiger partial charge in [-0.3, -0.25) is 4.79 Å². The molecule has 6 heteroatoms. The van der Waals surface area contributed by atoms with Gasteiger partial charge in [0.25, 0.3) is 5.91 Å². The number of carbonyl (C=O) groups is 1. The molecule has 0 saturated heterocycles. The summed E-state index contributed by atoms with van der Waals surface area (Å²) in [6.07, 6.45) is 8.35. The molecule has 2 aromatic carbocycles. The number of fused-ring (bicyclic) bond motifs is 2. The van der Waals surface area contributed by atoms with Gasteiger partial charge in [0, 0.05) is 17.5 Å². The third kappa shape index (κ3) is 4.10. The number of amides is 1. The van der Waals surface area contributed by atoms with Crippen molar-refractivity contribution in [3.05, 3.63) is 88.5 Å². The van der Waals surface area contributed by atoms with E-state index in [4.69, 9.17) is 0 Å². The molecule has 0 aliphatic heterocycles. The summed E-state index contributed by atoms with van der Waals surface area (Å²) in [7, 11) is 0. The van der Waals surface area contributed by atoms with Crippen LogP contribution in [0.25, 0.3) is 11.8 Å². The predicted octanol–water partition coefficient (Wildman–Crippen LogP) is 5.25. The zero-order chi connectivity index (χ0) is 24.6. The van der Waals surface area contributed by atoms with Crippen molar-refractivity contribution in [1.29, 1.82) is 0 Å². The summed E-state index contributed by atoms with van der Waals surface area (Å²) in [6.45, 7) is 4.84. The fourth-order valence-corrected chi connectivity index (χ4v) is 5.75. The number of aromatic nitrogens is 2. The van der Waals surface area contributed by atoms with Crippen LogP contribution in [0.4, 0.5) is 4.39 Å². The van der Waals surface area contributed by atoms with Gasteiger partial charge in [-0.1, -0.05) is 37.6 Å². The summed E-state index contributed by atoms with van der Waals surface area (Å²) in [5.41, 5.74) is 4.53. The fourth-order valence-electron chi connectivity index (χ4n) is 5.75. The van der Waals surface area contributed by atoms with E-state index in [2.05, 4.69) is 23.4 Å². The number of rotatable bonds is 7. The molecule has 1 heterocycles. The minimum Gasteiger partial charge on any atom is -0.389 e. The number of carbonyl (C=O) groups excluding carboxylic acids is 1. The Labute approximate surface area is 205 Å². The number of hydrogen-bond donors (Lipinski definition) is 2. The van der Waals surface area contributed by atoms with Crippen LogP contribution in [0.5, 0.6) is 0 Å². The second-order valence-electron chi connectivity index (χ2n) is 10.1. The lowest BCUT2D eigenvalue weighted by Crippen LogP contribution is -2.45. The molecule has 5 rings (SSSR count). The molecule has 1 amide bonds. The standard InChI is InChI=1S/C29H32FN3O2/c1-3-16-31-27(34)25-7-5-4-6-20(25)12-14-29(35)15-13-22-17-26-21(18-28(22,29)2)19-32-33(26)24-10-8-23(30)9-11-24/h4-11,17,19,35H,3,12-16,18H2,1-2H3,(H,31,34)/t28-,29-/m0/s1. The summed E-state index contributed by atoms with van der Waals surface area (Å²) in [5, 5.41) is 19.5. The molecule has 0 bridgehead atoms. The van der Waals surface area contributed by atoms with Gasteiger partial charge in [-0.25, -0.2) is 9.07 Å². The van der Waals surface area contributed by atoms with Crippen molar-refractivity contribution >= 4 is 12.0 Å². The molecular weight excluding hydrogens is 441 g/mol. The Hall–Kier alpha value is -3.25. The van der Waals surface area contributed by atoms with Gasteiger partial charge < -0.3 is 10.4 Å². The Morgan fingerprint density at radius 3 is 2.74 bits per heavy atom. The van der Waals surface area contributed by atoms with E-state index in [1.807, 2.05) is 42.1 Å². The normalized spacial score (nSPS) is 22.9. The van der Waals surface area contributed by atoms with E-state index < -0.39 is 11.0 Å². The summed E-state index contributed by atoms with van der Waals surface area (Å²) >= 11 is 0. The molecule has 0 unspecified atom stereocenters. The first-order valence-corrected chi connectivity index (χ1v) is 12.5. The number of benzene rings is 2. The largest absolute Gasteiger partial charge is 0.389 e. The fraction of sp³-hybridized carbons (Fsp3) is 0.379. The van der Waals surface area contributed by atoms with Crippen molar-refractivity contribution in [2.75, 3.05) is 6.54 Å². The van der Waals surface area contributed by atoms with Gasteiger partial charge in [0.15, 0.2) is 0 Å². The first-order valence-electron chi connectivity index (χ1n) is 12.5. The first-order chi connectivity index (χ1) is 16.8. The van der Waals surface area contributed by atoms with E-state index in [1.54, 1.807) is 12.1 Å². The molecule has 0 radical (unpaired) electrons. The zero-order valence-corrected chi connectivity index (χ0v) is 20.4. The molecule has 1 aromatic heterocycles. The Morgan fingerprint density at radius 2 is 1.97 bits per heavy atom. The van der Waals surface area contributed by atoms with Gasteiger partial charge in [0.05, 0.1) is 23.2 Å². The molecule has 3 aromatic rings. The molecule has 35 heavy (non-hydrogen) atoms. The second kappa shape index (κ2) is 9.08. The van der Waals surface area contributed by atoms with Crippen LogP contribution in [0.15, 0.2) is 60.3 Å². The molecule has 2 atom stereocenters. The smallest absolute Gasteiger partial charge is 0.251 e. The van der Waals surface area contributed by atoms with Crippen molar-refractivity contribution in [3.63, 3.8) is 0 Å². The van der Waals surface area contributed by atoms with Crippen molar-refractivity contribution in [1.82, 2.24) is 15.1 Å². The molecule has 2 aliphatic carbocycles. The van der Waals surface area contributed by atoms with Crippen LogP contribution >= 0.6 is 0 Å². The van der Waals surface area contributed by atoms with Gasteiger partial charge in [0.1, 0.15) is 5.82 Å². The van der Waals surface area contributed by atoms with E-state index in [-0.39, 0.29) is 11.7 Å². The number of hydrogen-bond acceptors (Lipinski definition) is 3. The van der Waals surface area contributed by atoms with E-state index in [0.29, 0.717) is 37.8 Å². The van der Waals surface area contributed by atoms with Gasteiger partial charge in [-0.15, -0.1) is 0 Å². The van der Waals surface area contributed by atoms with Crippen LogP contribution in [0, 0.1) is 11.2 Å². The highest BCUT2D eigenvalue weighted by molar-refractivity contribution is 5.95. The van der Waals surface area contributed by atoms with Crippen LogP contribution in [-0.2, 0) is 12.8 Å². The molecule has 2 aliphatic rings. The third-order valence-corrected chi connectivity index (χ3v) is 7.96. The second-order valence-corrected chi connectivity index (χ2v) is 10.1. The average molecular weight is 474 g/mol. The molecule has 1 saturated carbocycles. The van der Waals surface area contributed by atoms with Crippen LogP contribution in [0.1, 0.15) is 66.7 Å². The number of halogens is 1. The maximum atomic E-state index is 13.4. The average Bonchev–Trinajstić information content (AvgIpc) is 3.38. The molecular formula is C29H32FN3O2. The SMILES string of the molecule is CCCNC(=O)c1ccccc1CC[C@]1(O)CCC2=Cc3c(cnn3-c3ccc(F)cc3)C[C@@]21C. The lowest BCUT2D eigenvalue weighted by molar-refractivity contribution is -0.0461. The van der Waals surface area contributed by atoms with Crippen LogP contribution in [0.3, 0.4) is 0 Å². The minimum absolute atomic E-state index is 0.0526. The first kappa shape index (κ1) is 23.5. The van der Waals surface area contributed by atoms with E-state index >= 15 is 0 Å². The van der Waals surface area contributed by atoms with Crippen molar-refractivity contribution < 1.29 is 14.3 Å². The Bertz CT molecular complexity index is 1280.